The Balaban J connectivity index is 1.20. The average molecular weight is 385 g/mol. The van der Waals surface area contributed by atoms with Crippen molar-refractivity contribution >= 4 is 28.7 Å². The predicted octanol–water partition coefficient (Wildman–Crippen LogP) is 2.19. The minimum absolute atomic E-state index is 0.0318. The summed E-state index contributed by atoms with van der Waals surface area (Å²) < 4.78 is 4.00. The van der Waals surface area contributed by atoms with Crippen LogP contribution in [-0.4, -0.2) is 48.0 Å². The number of para-hydroxylation sites is 2. The molecule has 1 saturated carbocycles. The number of amides is 1. The van der Waals surface area contributed by atoms with E-state index >= 15 is 0 Å². The highest BCUT2D eigenvalue weighted by Gasteiger charge is 2.21. The van der Waals surface area contributed by atoms with E-state index in [1.54, 1.807) is 11.8 Å². The second kappa shape index (κ2) is 8.51. The monoisotopic (exact) mass is 385 g/mol. The van der Waals surface area contributed by atoms with E-state index in [4.69, 9.17) is 0 Å². The van der Waals surface area contributed by atoms with E-state index in [9.17, 15) is 4.79 Å². The minimum Gasteiger partial charge on any atom is -0.354 e. The molecule has 0 aliphatic heterocycles. The first kappa shape index (κ1) is 18.0. The minimum atomic E-state index is 0.0318. The maximum Gasteiger partial charge on any atom is 0.230 e. The van der Waals surface area contributed by atoms with Gasteiger partial charge in [-0.1, -0.05) is 25.0 Å². The van der Waals surface area contributed by atoms with E-state index in [1.807, 2.05) is 35.3 Å². The molecule has 1 aliphatic rings. The first-order valence-corrected chi connectivity index (χ1v) is 10.5. The van der Waals surface area contributed by atoms with Crippen molar-refractivity contribution < 1.29 is 4.79 Å². The molecule has 8 nitrogen and oxygen atoms in total. The summed E-state index contributed by atoms with van der Waals surface area (Å²) in [5.74, 6) is 1.96. The molecule has 1 aliphatic carbocycles. The molecule has 142 valence electrons. The predicted molar refractivity (Wildman–Crippen MR) is 104 cm³/mol. The van der Waals surface area contributed by atoms with E-state index in [0.29, 0.717) is 30.6 Å². The fraction of sp³-hybridized carbons (Fsp3) is 0.500. The van der Waals surface area contributed by atoms with Gasteiger partial charge in [0.15, 0.2) is 5.82 Å². The van der Waals surface area contributed by atoms with Crippen LogP contribution in [0.5, 0.6) is 0 Å². The molecule has 1 N–H and O–H groups in total. The quantitative estimate of drug-likeness (QED) is 0.639. The van der Waals surface area contributed by atoms with Gasteiger partial charge >= 0.3 is 0 Å². The van der Waals surface area contributed by atoms with Gasteiger partial charge in [-0.05, 0) is 35.4 Å². The number of imidazole rings is 1. The third-order valence-corrected chi connectivity index (χ3v) is 5.83. The van der Waals surface area contributed by atoms with E-state index < -0.39 is 0 Å². The van der Waals surface area contributed by atoms with Gasteiger partial charge in [0.2, 0.25) is 5.91 Å². The highest BCUT2D eigenvalue weighted by atomic mass is 32.2. The lowest BCUT2D eigenvalue weighted by Crippen LogP contribution is -2.28. The van der Waals surface area contributed by atoms with Crippen LogP contribution in [0.1, 0.15) is 37.5 Å². The number of thioether (sulfide) groups is 1. The van der Waals surface area contributed by atoms with Gasteiger partial charge < -0.3 is 9.88 Å². The molecular formula is C18H23N7OS. The second-order valence-corrected chi connectivity index (χ2v) is 7.73. The lowest BCUT2D eigenvalue weighted by Gasteiger charge is -2.11. The molecule has 9 heteroatoms. The Morgan fingerprint density at radius 2 is 2.11 bits per heavy atom. The summed E-state index contributed by atoms with van der Waals surface area (Å²) in [6.07, 6.45) is 6.59. The van der Waals surface area contributed by atoms with Gasteiger partial charge in [-0.3, -0.25) is 4.79 Å². The van der Waals surface area contributed by atoms with Crippen molar-refractivity contribution in [3.63, 3.8) is 0 Å². The summed E-state index contributed by atoms with van der Waals surface area (Å²) in [6, 6.07) is 8.42. The normalized spacial score (nSPS) is 14.8. The lowest BCUT2D eigenvalue weighted by atomic mass is 10.2. The third-order valence-electron chi connectivity index (χ3n) is 4.90. The summed E-state index contributed by atoms with van der Waals surface area (Å²) in [4.78, 5) is 16.4. The van der Waals surface area contributed by atoms with Crippen molar-refractivity contribution in [1.82, 2.24) is 35.1 Å². The van der Waals surface area contributed by atoms with Crippen LogP contribution in [0.2, 0.25) is 0 Å². The summed E-state index contributed by atoms with van der Waals surface area (Å²) in [5, 5.41) is 15.0. The standard InChI is InChI=1S/C18H23N7OS/c26-18(19-9-10-24-13-20-15-7-3-4-8-16(15)24)12-27-11-17-21-22-23-25(17)14-5-1-2-6-14/h3-4,7-8,13-14H,1-2,5-6,9-12H2,(H,19,26). The van der Waals surface area contributed by atoms with Crippen molar-refractivity contribution in [2.75, 3.05) is 12.3 Å². The topological polar surface area (TPSA) is 90.5 Å². The maximum absolute atomic E-state index is 12.1. The van der Waals surface area contributed by atoms with Crippen LogP contribution >= 0.6 is 11.8 Å². The number of tetrazole rings is 1. The smallest absolute Gasteiger partial charge is 0.230 e. The van der Waals surface area contributed by atoms with Crippen LogP contribution < -0.4 is 5.32 Å². The van der Waals surface area contributed by atoms with Crippen LogP contribution in [0.25, 0.3) is 11.0 Å². The van der Waals surface area contributed by atoms with Gasteiger partial charge in [0.05, 0.1) is 34.9 Å². The summed E-state index contributed by atoms with van der Waals surface area (Å²) >= 11 is 1.55. The van der Waals surface area contributed by atoms with E-state index in [-0.39, 0.29) is 5.91 Å². The molecule has 2 heterocycles. The molecule has 1 amide bonds. The van der Waals surface area contributed by atoms with Crippen molar-refractivity contribution in [2.24, 2.45) is 0 Å². The molecule has 3 aromatic rings. The Morgan fingerprint density at radius 1 is 1.26 bits per heavy atom. The summed E-state index contributed by atoms with van der Waals surface area (Å²) in [6.45, 7) is 1.29. The fourth-order valence-corrected chi connectivity index (χ4v) is 4.29. The Morgan fingerprint density at radius 3 is 3.00 bits per heavy atom. The molecule has 2 aromatic heterocycles. The number of carbonyl (C=O) groups is 1. The van der Waals surface area contributed by atoms with Crippen molar-refractivity contribution in [3.05, 3.63) is 36.4 Å². The number of rotatable bonds is 8. The number of nitrogens with one attached hydrogen (secondary N) is 1. The SMILES string of the molecule is O=C(CSCc1nnnn1C1CCCC1)NCCn1cnc2ccccc21. The van der Waals surface area contributed by atoms with Gasteiger partial charge in [-0.2, -0.15) is 0 Å². The van der Waals surface area contributed by atoms with Gasteiger partial charge in [0, 0.05) is 13.1 Å². The number of carbonyl (C=O) groups excluding carboxylic acids is 1. The first-order valence-electron chi connectivity index (χ1n) is 9.32. The number of aromatic nitrogens is 6. The Hall–Kier alpha value is -2.42. The summed E-state index contributed by atoms with van der Waals surface area (Å²) in [7, 11) is 0. The Labute approximate surface area is 161 Å². The zero-order valence-electron chi connectivity index (χ0n) is 15.1. The number of fused-ring (bicyclic) bond motifs is 1. The lowest BCUT2D eigenvalue weighted by molar-refractivity contribution is -0.118. The average Bonchev–Trinajstić information content (AvgIpc) is 3.42. The largest absolute Gasteiger partial charge is 0.354 e. The Bertz CT molecular complexity index is 900. The third kappa shape index (κ3) is 4.29. The summed E-state index contributed by atoms with van der Waals surface area (Å²) in [5.41, 5.74) is 2.05. The van der Waals surface area contributed by atoms with Crippen LogP contribution in [0.3, 0.4) is 0 Å². The zero-order chi connectivity index (χ0) is 18.5. The fourth-order valence-electron chi connectivity index (χ4n) is 3.53. The Kier molecular flexibility index (Phi) is 5.66. The molecule has 0 spiro atoms. The molecule has 0 bridgehead atoms. The molecule has 27 heavy (non-hydrogen) atoms. The molecule has 0 atom stereocenters. The maximum atomic E-state index is 12.1. The number of benzene rings is 1. The molecule has 1 aromatic carbocycles. The van der Waals surface area contributed by atoms with E-state index in [2.05, 4.69) is 30.4 Å². The van der Waals surface area contributed by atoms with Crippen LogP contribution in [0, 0.1) is 0 Å². The van der Waals surface area contributed by atoms with E-state index in [0.717, 1.165) is 29.7 Å². The molecule has 0 unspecified atom stereocenters. The van der Waals surface area contributed by atoms with Crippen LogP contribution in [0.4, 0.5) is 0 Å². The van der Waals surface area contributed by atoms with Crippen LogP contribution in [-0.2, 0) is 17.1 Å². The number of nitrogens with zero attached hydrogens (tertiary/aromatic N) is 6. The van der Waals surface area contributed by atoms with Crippen LogP contribution in [0.15, 0.2) is 30.6 Å². The molecule has 4 rings (SSSR count). The van der Waals surface area contributed by atoms with Crippen molar-refractivity contribution in [3.8, 4) is 0 Å². The van der Waals surface area contributed by atoms with Gasteiger partial charge in [-0.25, -0.2) is 9.67 Å². The molecule has 1 fully saturated rings. The highest BCUT2D eigenvalue weighted by molar-refractivity contribution is 7.99. The van der Waals surface area contributed by atoms with Crippen molar-refractivity contribution in [1.29, 1.82) is 0 Å². The van der Waals surface area contributed by atoms with Gasteiger partial charge in [0.1, 0.15) is 0 Å². The first-order chi connectivity index (χ1) is 13.3. The second-order valence-electron chi connectivity index (χ2n) is 6.75. The molecular weight excluding hydrogens is 362 g/mol. The highest BCUT2D eigenvalue weighted by Crippen LogP contribution is 2.29. The van der Waals surface area contributed by atoms with Crippen molar-refractivity contribution in [2.45, 2.75) is 44.0 Å². The van der Waals surface area contributed by atoms with Gasteiger partial charge in [0.25, 0.3) is 0 Å². The van der Waals surface area contributed by atoms with Gasteiger partial charge in [-0.15, -0.1) is 16.9 Å². The number of hydrogen-bond acceptors (Lipinski definition) is 6. The molecule has 0 saturated heterocycles. The zero-order valence-corrected chi connectivity index (χ0v) is 15.9. The molecule has 0 radical (unpaired) electrons. The van der Waals surface area contributed by atoms with E-state index in [1.165, 1.54) is 12.8 Å². The number of hydrogen-bond donors (Lipinski definition) is 1.